The number of morpholine rings is 2. The van der Waals surface area contributed by atoms with Crippen LogP contribution in [0.4, 0.5) is 11.4 Å². The summed E-state index contributed by atoms with van der Waals surface area (Å²) < 4.78 is 24.6. The van der Waals surface area contributed by atoms with Crippen molar-refractivity contribution in [1.82, 2.24) is 9.80 Å². The maximum Gasteiger partial charge on any atom is 0.494 e. The van der Waals surface area contributed by atoms with E-state index in [0.717, 1.165) is 77.2 Å². The van der Waals surface area contributed by atoms with Gasteiger partial charge in [-0.05, 0) is 89.2 Å². The molecule has 46 heavy (non-hydrogen) atoms. The lowest BCUT2D eigenvalue weighted by molar-refractivity contribution is 0.00578. The summed E-state index contributed by atoms with van der Waals surface area (Å²) in [6.07, 6.45) is 4.99. The summed E-state index contributed by atoms with van der Waals surface area (Å²) >= 11 is 3.55. The van der Waals surface area contributed by atoms with Crippen LogP contribution in [0.1, 0.15) is 53.4 Å². The molecular formula is C36H54BBrN4O4. The molecule has 10 heteroatoms. The molecule has 252 valence electrons. The first kappa shape index (κ1) is 34.2. The highest BCUT2D eigenvalue weighted by atomic mass is 79.9. The van der Waals surface area contributed by atoms with E-state index >= 15 is 0 Å². The predicted octanol–water partition coefficient (Wildman–Crippen LogP) is 5.04. The summed E-state index contributed by atoms with van der Waals surface area (Å²) in [6, 6.07) is 18.8. The van der Waals surface area contributed by atoms with Gasteiger partial charge in [0.05, 0.1) is 37.6 Å². The summed E-state index contributed by atoms with van der Waals surface area (Å²) in [5, 5.41) is 0. The summed E-state index contributed by atoms with van der Waals surface area (Å²) in [5.74, 6) is 0. The molecule has 0 unspecified atom stereocenters. The van der Waals surface area contributed by atoms with Crippen LogP contribution >= 0.6 is 15.9 Å². The van der Waals surface area contributed by atoms with Gasteiger partial charge >= 0.3 is 7.12 Å². The second kappa shape index (κ2) is 15.3. The molecule has 5 aliphatic heterocycles. The van der Waals surface area contributed by atoms with Gasteiger partial charge in [-0.2, -0.15) is 0 Å². The molecule has 7 rings (SSSR count). The molecule has 0 saturated carbocycles. The van der Waals surface area contributed by atoms with E-state index in [1.165, 1.54) is 54.6 Å². The Balaban J connectivity index is 0.000000172. The van der Waals surface area contributed by atoms with Crippen molar-refractivity contribution in [3.63, 3.8) is 0 Å². The Bertz CT molecular complexity index is 1240. The van der Waals surface area contributed by atoms with Crippen LogP contribution in [-0.2, 0) is 18.8 Å². The standard InChI is InChI=1S/C21H33BN2O3.C15H21BrN2O/c1-20(2)21(3,4)27-22(26-20)17-6-5-7-19(16-17)23-10-8-18(9-11-23)24-12-14-25-15-13-24;16-13-2-1-3-15(12-13)17-6-4-14(5-7-17)18-8-10-19-11-9-18/h5-7,16,18H,8-15H2,1-4H3;1-3,12,14H,4-11H2. The van der Waals surface area contributed by atoms with Gasteiger partial charge in [0.25, 0.3) is 0 Å². The molecule has 0 amide bonds. The number of rotatable bonds is 5. The maximum absolute atomic E-state index is 6.23. The number of piperidine rings is 2. The Hall–Kier alpha value is -1.66. The lowest BCUT2D eigenvalue weighted by Gasteiger charge is -2.41. The summed E-state index contributed by atoms with van der Waals surface area (Å²) in [4.78, 5) is 10.2. The van der Waals surface area contributed by atoms with Crippen molar-refractivity contribution in [2.45, 2.75) is 76.7 Å². The zero-order valence-corrected chi connectivity index (χ0v) is 30.1. The summed E-state index contributed by atoms with van der Waals surface area (Å²) in [5.41, 5.74) is 3.13. The van der Waals surface area contributed by atoms with Gasteiger partial charge in [0.1, 0.15) is 0 Å². The minimum atomic E-state index is -0.301. The molecule has 8 nitrogen and oxygen atoms in total. The van der Waals surface area contributed by atoms with Crippen molar-refractivity contribution < 1.29 is 18.8 Å². The molecule has 0 radical (unpaired) electrons. The van der Waals surface area contributed by atoms with E-state index in [1.54, 1.807) is 0 Å². The number of hydrogen-bond acceptors (Lipinski definition) is 8. The SMILES string of the molecule is Brc1cccc(N2CCC(N3CCOCC3)CC2)c1.CC1(C)OB(c2cccc(N3CCC(N4CCOCC4)CC3)c2)OC1(C)C. The van der Waals surface area contributed by atoms with E-state index in [4.69, 9.17) is 18.8 Å². The molecule has 5 heterocycles. The highest BCUT2D eigenvalue weighted by Crippen LogP contribution is 2.37. The Kier molecular flexibility index (Phi) is 11.4. The van der Waals surface area contributed by atoms with Crippen LogP contribution in [0.25, 0.3) is 0 Å². The van der Waals surface area contributed by atoms with Gasteiger partial charge in [0.15, 0.2) is 0 Å². The minimum Gasteiger partial charge on any atom is -0.399 e. The number of anilines is 2. The predicted molar refractivity (Wildman–Crippen MR) is 192 cm³/mol. The Labute approximate surface area is 285 Å². The molecule has 2 aromatic rings. The lowest BCUT2D eigenvalue weighted by atomic mass is 9.79. The quantitative estimate of drug-likeness (QED) is 0.404. The van der Waals surface area contributed by atoms with Crippen LogP contribution < -0.4 is 15.3 Å². The molecule has 0 atom stereocenters. The summed E-state index contributed by atoms with van der Waals surface area (Å²) in [6.45, 7) is 20.9. The van der Waals surface area contributed by atoms with Crippen LogP contribution in [0.5, 0.6) is 0 Å². The highest BCUT2D eigenvalue weighted by Gasteiger charge is 2.51. The van der Waals surface area contributed by atoms with E-state index in [0.29, 0.717) is 6.04 Å². The molecule has 0 aromatic heterocycles. The van der Waals surface area contributed by atoms with Crippen molar-refractivity contribution in [2.24, 2.45) is 0 Å². The van der Waals surface area contributed by atoms with E-state index in [9.17, 15) is 0 Å². The fourth-order valence-electron chi connectivity index (χ4n) is 7.38. The number of hydrogen-bond donors (Lipinski definition) is 0. The van der Waals surface area contributed by atoms with Crippen molar-refractivity contribution in [3.05, 3.63) is 53.0 Å². The molecule has 0 bridgehead atoms. The normalized spacial score (nSPS) is 24.9. The highest BCUT2D eigenvalue weighted by molar-refractivity contribution is 9.10. The van der Waals surface area contributed by atoms with Crippen LogP contribution in [0.15, 0.2) is 53.0 Å². The molecule has 0 aliphatic carbocycles. The van der Waals surface area contributed by atoms with Crippen LogP contribution in [0.2, 0.25) is 0 Å². The van der Waals surface area contributed by atoms with Gasteiger partial charge in [0, 0.05) is 80.3 Å². The monoisotopic (exact) mass is 696 g/mol. The zero-order valence-electron chi connectivity index (χ0n) is 28.5. The van der Waals surface area contributed by atoms with E-state index in [-0.39, 0.29) is 18.3 Å². The number of halogens is 1. The van der Waals surface area contributed by atoms with Crippen molar-refractivity contribution in [2.75, 3.05) is 88.6 Å². The fourth-order valence-corrected chi connectivity index (χ4v) is 7.77. The smallest absolute Gasteiger partial charge is 0.399 e. The minimum absolute atomic E-state index is 0.291. The van der Waals surface area contributed by atoms with E-state index < -0.39 is 0 Å². The Morgan fingerprint density at radius 1 is 0.609 bits per heavy atom. The van der Waals surface area contributed by atoms with Gasteiger partial charge in [-0.15, -0.1) is 0 Å². The van der Waals surface area contributed by atoms with Gasteiger partial charge in [-0.25, -0.2) is 0 Å². The number of benzene rings is 2. The molecule has 0 N–H and O–H groups in total. The average Bonchev–Trinajstić information content (AvgIpc) is 3.32. The van der Waals surface area contributed by atoms with Gasteiger partial charge in [-0.1, -0.05) is 34.1 Å². The van der Waals surface area contributed by atoms with Crippen molar-refractivity contribution in [3.8, 4) is 0 Å². The zero-order chi connectivity index (χ0) is 32.1. The molecule has 0 spiro atoms. The van der Waals surface area contributed by atoms with Gasteiger partial charge < -0.3 is 28.6 Å². The third-order valence-corrected chi connectivity index (χ3v) is 11.5. The number of nitrogens with zero attached hydrogens (tertiary/aromatic N) is 4. The Morgan fingerprint density at radius 2 is 1.04 bits per heavy atom. The molecule has 5 fully saturated rings. The average molecular weight is 698 g/mol. The second-order valence-corrected chi connectivity index (χ2v) is 15.3. The first-order valence-corrected chi connectivity index (χ1v) is 18.3. The van der Waals surface area contributed by atoms with Crippen molar-refractivity contribution >= 4 is 39.9 Å². The molecule has 5 saturated heterocycles. The maximum atomic E-state index is 6.23. The van der Waals surface area contributed by atoms with Crippen LogP contribution in [0.3, 0.4) is 0 Å². The molecule has 5 aliphatic rings. The Morgan fingerprint density at radius 3 is 1.50 bits per heavy atom. The summed E-state index contributed by atoms with van der Waals surface area (Å²) in [7, 11) is -0.291. The first-order chi connectivity index (χ1) is 22.2. The van der Waals surface area contributed by atoms with E-state index in [1.807, 2.05) is 0 Å². The molecular weight excluding hydrogens is 643 g/mol. The van der Waals surface area contributed by atoms with Crippen LogP contribution in [-0.4, -0.2) is 119 Å². The topological polar surface area (TPSA) is 49.9 Å². The van der Waals surface area contributed by atoms with E-state index in [2.05, 4.69) is 112 Å². The largest absolute Gasteiger partial charge is 0.494 e. The van der Waals surface area contributed by atoms with Crippen LogP contribution in [0, 0.1) is 0 Å². The molecule has 2 aromatic carbocycles. The van der Waals surface area contributed by atoms with Gasteiger partial charge in [0.2, 0.25) is 0 Å². The fraction of sp³-hybridized carbons (Fsp3) is 0.667. The lowest BCUT2D eigenvalue weighted by Crippen LogP contribution is -2.49. The second-order valence-electron chi connectivity index (χ2n) is 14.4. The first-order valence-electron chi connectivity index (χ1n) is 17.5. The van der Waals surface area contributed by atoms with Crippen molar-refractivity contribution in [1.29, 1.82) is 0 Å². The number of ether oxygens (including phenoxy) is 2. The third kappa shape index (κ3) is 8.31. The third-order valence-electron chi connectivity index (χ3n) is 11.0. The van der Waals surface area contributed by atoms with Gasteiger partial charge in [-0.3, -0.25) is 9.80 Å².